The van der Waals surface area contributed by atoms with Gasteiger partial charge in [0.25, 0.3) is 0 Å². The molecule has 0 saturated carbocycles. The van der Waals surface area contributed by atoms with E-state index in [9.17, 15) is 9.90 Å². The van der Waals surface area contributed by atoms with Crippen molar-refractivity contribution < 1.29 is 14.6 Å². The smallest absolute Gasteiger partial charge is 0.220 e. The first-order valence-electron chi connectivity index (χ1n) is 9.56. The molecule has 27 heavy (non-hydrogen) atoms. The lowest BCUT2D eigenvalue weighted by Gasteiger charge is -2.28. The first-order valence-corrected chi connectivity index (χ1v) is 9.56. The summed E-state index contributed by atoms with van der Waals surface area (Å²) in [6.07, 6.45) is 1.90. The SMILES string of the molecule is CN1CCC(CC(=O)NC[C@@H](O)c2cccc(Oc3ccccc3)c2)CC1. The number of likely N-dealkylation sites (tertiary alicyclic amines) is 1. The van der Waals surface area contributed by atoms with Gasteiger partial charge < -0.3 is 20.1 Å². The van der Waals surface area contributed by atoms with Gasteiger partial charge in [-0.1, -0.05) is 30.3 Å². The molecule has 0 radical (unpaired) electrons. The number of aliphatic hydroxyl groups is 1. The third-order valence-corrected chi connectivity index (χ3v) is 5.03. The van der Waals surface area contributed by atoms with E-state index in [4.69, 9.17) is 4.74 Å². The van der Waals surface area contributed by atoms with Crippen LogP contribution in [0.2, 0.25) is 0 Å². The highest BCUT2D eigenvalue weighted by atomic mass is 16.5. The Hall–Kier alpha value is -2.37. The summed E-state index contributed by atoms with van der Waals surface area (Å²) in [5.41, 5.74) is 0.725. The van der Waals surface area contributed by atoms with Crippen LogP contribution in [0.5, 0.6) is 11.5 Å². The van der Waals surface area contributed by atoms with Gasteiger partial charge in [0.1, 0.15) is 11.5 Å². The molecule has 0 unspecified atom stereocenters. The summed E-state index contributed by atoms with van der Waals surface area (Å²) in [4.78, 5) is 14.5. The average molecular weight is 368 g/mol. The topological polar surface area (TPSA) is 61.8 Å². The van der Waals surface area contributed by atoms with Gasteiger partial charge in [0.05, 0.1) is 6.10 Å². The van der Waals surface area contributed by atoms with Crippen LogP contribution in [-0.2, 0) is 4.79 Å². The molecule has 2 N–H and O–H groups in total. The highest BCUT2D eigenvalue weighted by Gasteiger charge is 2.20. The molecule has 1 saturated heterocycles. The molecule has 0 spiro atoms. The van der Waals surface area contributed by atoms with Gasteiger partial charge in [0.15, 0.2) is 0 Å². The molecule has 2 aromatic rings. The van der Waals surface area contributed by atoms with Crippen LogP contribution in [0.15, 0.2) is 54.6 Å². The Labute approximate surface area is 161 Å². The molecule has 2 aromatic carbocycles. The van der Waals surface area contributed by atoms with Crippen molar-refractivity contribution in [3.63, 3.8) is 0 Å². The summed E-state index contributed by atoms with van der Waals surface area (Å²) >= 11 is 0. The second-order valence-electron chi connectivity index (χ2n) is 7.26. The minimum Gasteiger partial charge on any atom is -0.457 e. The fourth-order valence-corrected chi connectivity index (χ4v) is 3.34. The molecule has 0 bridgehead atoms. The molecule has 5 heteroatoms. The summed E-state index contributed by atoms with van der Waals surface area (Å²) in [7, 11) is 2.11. The van der Waals surface area contributed by atoms with E-state index in [-0.39, 0.29) is 12.5 Å². The number of rotatable bonds is 7. The van der Waals surface area contributed by atoms with Crippen LogP contribution in [0.1, 0.15) is 30.9 Å². The van der Waals surface area contributed by atoms with E-state index in [1.54, 1.807) is 6.07 Å². The van der Waals surface area contributed by atoms with Crippen molar-refractivity contribution in [2.45, 2.75) is 25.4 Å². The summed E-state index contributed by atoms with van der Waals surface area (Å²) < 4.78 is 5.80. The van der Waals surface area contributed by atoms with Crippen molar-refractivity contribution in [2.24, 2.45) is 5.92 Å². The number of ether oxygens (including phenoxy) is 1. The molecule has 1 atom stereocenters. The van der Waals surface area contributed by atoms with Crippen molar-refractivity contribution in [2.75, 3.05) is 26.7 Å². The van der Waals surface area contributed by atoms with E-state index in [0.717, 1.165) is 37.2 Å². The standard InChI is InChI=1S/C22H28N2O3/c1-24-12-10-17(11-13-24)14-22(26)23-16-21(25)18-6-5-9-20(15-18)27-19-7-3-2-4-8-19/h2-9,15,17,21,25H,10-14,16H2,1H3,(H,23,26)/t21-/m1/s1. The summed E-state index contributed by atoms with van der Waals surface area (Å²) in [5.74, 6) is 1.87. The number of piperidine rings is 1. The summed E-state index contributed by atoms with van der Waals surface area (Å²) in [6, 6.07) is 16.9. The van der Waals surface area contributed by atoms with E-state index in [1.165, 1.54) is 0 Å². The highest BCUT2D eigenvalue weighted by Crippen LogP contribution is 2.24. The lowest BCUT2D eigenvalue weighted by atomic mass is 9.93. The minimum absolute atomic E-state index is 0.0142. The van der Waals surface area contributed by atoms with Crippen molar-refractivity contribution in [1.82, 2.24) is 10.2 Å². The van der Waals surface area contributed by atoms with Gasteiger partial charge in [0.2, 0.25) is 5.91 Å². The molecule has 144 valence electrons. The first-order chi connectivity index (χ1) is 13.1. The van der Waals surface area contributed by atoms with Crippen LogP contribution < -0.4 is 10.1 Å². The maximum absolute atomic E-state index is 12.2. The molecule has 1 fully saturated rings. The maximum Gasteiger partial charge on any atom is 0.220 e. The second-order valence-corrected chi connectivity index (χ2v) is 7.26. The van der Waals surface area contributed by atoms with Crippen LogP contribution >= 0.6 is 0 Å². The molecule has 0 aliphatic carbocycles. The van der Waals surface area contributed by atoms with Crippen molar-refractivity contribution in [3.8, 4) is 11.5 Å². The van der Waals surface area contributed by atoms with Crippen molar-refractivity contribution in [1.29, 1.82) is 0 Å². The van der Waals surface area contributed by atoms with Crippen LogP contribution in [0.25, 0.3) is 0 Å². The molecule has 1 aliphatic heterocycles. The fraction of sp³-hybridized carbons (Fsp3) is 0.409. The van der Waals surface area contributed by atoms with Gasteiger partial charge in [-0.25, -0.2) is 0 Å². The van der Waals surface area contributed by atoms with Crippen LogP contribution in [0.4, 0.5) is 0 Å². The lowest BCUT2D eigenvalue weighted by molar-refractivity contribution is -0.122. The molecule has 1 amide bonds. The van der Waals surface area contributed by atoms with Crippen LogP contribution in [0.3, 0.4) is 0 Å². The number of hydrogen-bond acceptors (Lipinski definition) is 4. The Morgan fingerprint density at radius 1 is 1.15 bits per heavy atom. The van der Waals surface area contributed by atoms with Crippen LogP contribution in [-0.4, -0.2) is 42.6 Å². The second kappa shape index (κ2) is 9.53. The summed E-state index contributed by atoms with van der Waals surface area (Å²) in [5, 5.41) is 13.3. The van der Waals surface area contributed by atoms with E-state index < -0.39 is 6.10 Å². The van der Waals surface area contributed by atoms with Gasteiger partial charge in [-0.3, -0.25) is 4.79 Å². The predicted molar refractivity (Wildman–Crippen MR) is 106 cm³/mol. The van der Waals surface area contributed by atoms with E-state index in [1.807, 2.05) is 48.5 Å². The molecule has 1 heterocycles. The van der Waals surface area contributed by atoms with Gasteiger partial charge in [-0.2, -0.15) is 0 Å². The van der Waals surface area contributed by atoms with Gasteiger partial charge >= 0.3 is 0 Å². The zero-order valence-corrected chi connectivity index (χ0v) is 15.8. The summed E-state index contributed by atoms with van der Waals surface area (Å²) in [6.45, 7) is 2.31. The van der Waals surface area contributed by atoms with E-state index in [2.05, 4.69) is 17.3 Å². The minimum atomic E-state index is -0.759. The van der Waals surface area contributed by atoms with Gasteiger partial charge in [0, 0.05) is 13.0 Å². The number of para-hydroxylation sites is 1. The molecule has 3 rings (SSSR count). The largest absolute Gasteiger partial charge is 0.457 e. The Balaban J connectivity index is 1.48. The van der Waals surface area contributed by atoms with Gasteiger partial charge in [-0.05, 0) is 68.7 Å². The number of benzene rings is 2. The number of carbonyl (C=O) groups excluding carboxylic acids is 1. The first kappa shape index (κ1) is 19.4. The molecule has 1 aliphatic rings. The normalized spacial score (nSPS) is 16.7. The number of aliphatic hydroxyl groups excluding tert-OH is 1. The molecular weight excluding hydrogens is 340 g/mol. The third-order valence-electron chi connectivity index (χ3n) is 5.03. The van der Waals surface area contributed by atoms with E-state index >= 15 is 0 Å². The number of nitrogens with one attached hydrogen (secondary N) is 1. The Bertz CT molecular complexity index is 727. The average Bonchev–Trinajstić information content (AvgIpc) is 2.69. The Morgan fingerprint density at radius 3 is 2.59 bits per heavy atom. The Kier molecular flexibility index (Phi) is 6.85. The number of nitrogens with zero attached hydrogens (tertiary/aromatic N) is 1. The lowest BCUT2D eigenvalue weighted by Crippen LogP contribution is -2.34. The van der Waals surface area contributed by atoms with Crippen LogP contribution in [0, 0.1) is 5.92 Å². The third kappa shape index (κ3) is 6.08. The zero-order valence-electron chi connectivity index (χ0n) is 15.8. The Morgan fingerprint density at radius 2 is 1.85 bits per heavy atom. The number of carbonyl (C=O) groups is 1. The van der Waals surface area contributed by atoms with Crippen molar-refractivity contribution in [3.05, 3.63) is 60.2 Å². The molecule has 5 nitrogen and oxygen atoms in total. The molecular formula is C22H28N2O3. The number of amides is 1. The quantitative estimate of drug-likeness (QED) is 0.787. The van der Waals surface area contributed by atoms with E-state index in [0.29, 0.717) is 18.1 Å². The fourth-order valence-electron chi connectivity index (χ4n) is 3.34. The predicted octanol–water partition coefficient (Wildman–Crippen LogP) is 3.36. The maximum atomic E-state index is 12.2. The zero-order chi connectivity index (χ0) is 19.1. The highest BCUT2D eigenvalue weighted by molar-refractivity contribution is 5.76. The monoisotopic (exact) mass is 368 g/mol. The van der Waals surface area contributed by atoms with Crippen molar-refractivity contribution >= 4 is 5.91 Å². The molecule has 0 aromatic heterocycles. The number of hydrogen-bond donors (Lipinski definition) is 2. The van der Waals surface area contributed by atoms with Gasteiger partial charge in [-0.15, -0.1) is 0 Å².